The Balaban J connectivity index is 1.57. The van der Waals surface area contributed by atoms with E-state index >= 15 is 0 Å². The van der Waals surface area contributed by atoms with Crippen LogP contribution in [0.25, 0.3) is 10.9 Å². The first-order valence-electron chi connectivity index (χ1n) is 11.9. The van der Waals surface area contributed by atoms with Crippen molar-refractivity contribution >= 4 is 51.7 Å². The number of piperidine rings is 1. The SMILES string of the molecule is Cc1nc(CNC(=O)OC(C)(C)C)sc1C(=O)Nc1cccc2c(=O)n(C3CCC(=O)NC3=O)c(C)nc12. The van der Waals surface area contributed by atoms with Gasteiger partial charge in [-0.1, -0.05) is 6.07 Å². The molecule has 0 aliphatic carbocycles. The van der Waals surface area contributed by atoms with Crippen molar-refractivity contribution < 1.29 is 23.9 Å². The van der Waals surface area contributed by atoms with Crippen LogP contribution in [0.3, 0.4) is 0 Å². The second kappa shape index (κ2) is 10.3. The molecule has 1 aromatic carbocycles. The number of alkyl carbamates (subject to hydrolysis) is 1. The number of aryl methyl sites for hydroxylation is 2. The third-order valence-electron chi connectivity index (χ3n) is 5.71. The lowest BCUT2D eigenvalue weighted by molar-refractivity contribution is -0.135. The molecular weight excluding hydrogens is 512 g/mol. The lowest BCUT2D eigenvalue weighted by Gasteiger charge is -2.24. The van der Waals surface area contributed by atoms with Crippen LogP contribution < -0.4 is 21.5 Å². The molecule has 0 bridgehead atoms. The quantitative estimate of drug-likeness (QED) is 0.416. The molecule has 38 heavy (non-hydrogen) atoms. The van der Waals surface area contributed by atoms with Gasteiger partial charge < -0.3 is 15.4 Å². The van der Waals surface area contributed by atoms with E-state index < -0.39 is 35.1 Å². The lowest BCUT2D eigenvalue weighted by atomic mass is 10.1. The normalized spacial score (nSPS) is 15.8. The Kier molecular flexibility index (Phi) is 7.31. The van der Waals surface area contributed by atoms with Gasteiger partial charge in [0.15, 0.2) is 0 Å². The monoisotopic (exact) mass is 540 g/mol. The van der Waals surface area contributed by atoms with E-state index in [1.807, 2.05) is 0 Å². The summed E-state index contributed by atoms with van der Waals surface area (Å²) in [5.74, 6) is -1.08. The summed E-state index contributed by atoms with van der Waals surface area (Å²) in [4.78, 5) is 71.6. The minimum Gasteiger partial charge on any atom is -0.444 e. The maximum Gasteiger partial charge on any atom is 0.408 e. The third-order valence-corrected chi connectivity index (χ3v) is 6.86. The highest BCUT2D eigenvalue weighted by molar-refractivity contribution is 7.13. The zero-order valence-electron chi connectivity index (χ0n) is 21.6. The Morgan fingerprint density at radius 3 is 2.61 bits per heavy atom. The number of para-hydroxylation sites is 1. The standard InChI is InChI=1S/C25H28N6O6S/c1-12-20(38-18(27-12)11-26-24(36)37-25(3,4)5)22(34)29-15-8-6-7-14-19(15)28-13(2)31(23(14)35)16-9-10-17(32)30-21(16)33/h6-8,16H,9-11H2,1-5H3,(H,26,36)(H,29,34)(H,30,32,33). The van der Waals surface area contributed by atoms with E-state index in [0.717, 1.165) is 11.3 Å². The topological polar surface area (TPSA) is 161 Å². The summed E-state index contributed by atoms with van der Waals surface area (Å²) in [7, 11) is 0. The molecule has 3 N–H and O–H groups in total. The maximum absolute atomic E-state index is 13.3. The number of nitrogens with one attached hydrogen (secondary N) is 3. The Bertz CT molecular complexity index is 1520. The van der Waals surface area contributed by atoms with Crippen molar-refractivity contribution in [3.63, 3.8) is 0 Å². The predicted octanol–water partition coefficient (Wildman–Crippen LogP) is 2.72. The molecule has 1 atom stereocenters. The van der Waals surface area contributed by atoms with Gasteiger partial charge in [0.05, 0.1) is 23.3 Å². The number of benzene rings is 1. The number of amides is 4. The molecule has 0 radical (unpaired) electrons. The van der Waals surface area contributed by atoms with Gasteiger partial charge in [0.25, 0.3) is 11.5 Å². The number of ether oxygens (including phenoxy) is 1. The Morgan fingerprint density at radius 2 is 1.92 bits per heavy atom. The van der Waals surface area contributed by atoms with E-state index in [1.165, 1.54) is 4.57 Å². The lowest BCUT2D eigenvalue weighted by Crippen LogP contribution is -2.45. The molecule has 12 nitrogen and oxygen atoms in total. The van der Waals surface area contributed by atoms with Crippen LogP contribution in [0.1, 0.15) is 65.9 Å². The Morgan fingerprint density at radius 1 is 1.18 bits per heavy atom. The fourth-order valence-corrected chi connectivity index (χ4v) is 5.00. The van der Waals surface area contributed by atoms with Crippen LogP contribution in [0.2, 0.25) is 0 Å². The van der Waals surface area contributed by atoms with Gasteiger partial charge in [-0.3, -0.25) is 29.1 Å². The summed E-state index contributed by atoms with van der Waals surface area (Å²) in [6.07, 6.45) is -0.262. The molecule has 4 amide bonds. The molecule has 4 rings (SSSR count). The first-order valence-corrected chi connectivity index (χ1v) is 12.8. The average molecular weight is 541 g/mol. The predicted molar refractivity (Wildman–Crippen MR) is 140 cm³/mol. The van der Waals surface area contributed by atoms with E-state index in [0.29, 0.717) is 21.3 Å². The summed E-state index contributed by atoms with van der Waals surface area (Å²) >= 11 is 1.13. The van der Waals surface area contributed by atoms with Crippen molar-refractivity contribution in [2.45, 2.75) is 65.6 Å². The van der Waals surface area contributed by atoms with Gasteiger partial charge in [-0.15, -0.1) is 11.3 Å². The Hall–Kier alpha value is -4.13. The van der Waals surface area contributed by atoms with Crippen LogP contribution in [-0.4, -0.2) is 44.0 Å². The van der Waals surface area contributed by atoms with E-state index in [9.17, 15) is 24.0 Å². The maximum atomic E-state index is 13.3. The highest BCUT2D eigenvalue weighted by Gasteiger charge is 2.31. The van der Waals surface area contributed by atoms with Crippen LogP contribution >= 0.6 is 11.3 Å². The van der Waals surface area contributed by atoms with E-state index in [-0.39, 0.29) is 42.0 Å². The molecule has 13 heteroatoms. The number of fused-ring (bicyclic) bond motifs is 1. The molecule has 1 unspecified atom stereocenters. The number of imide groups is 1. The van der Waals surface area contributed by atoms with Crippen molar-refractivity contribution in [3.8, 4) is 0 Å². The average Bonchev–Trinajstić information content (AvgIpc) is 3.19. The van der Waals surface area contributed by atoms with Gasteiger partial charge in [0.2, 0.25) is 11.8 Å². The van der Waals surface area contributed by atoms with Crippen LogP contribution in [0.5, 0.6) is 0 Å². The molecule has 1 aliphatic heterocycles. The molecule has 2 aromatic heterocycles. The largest absolute Gasteiger partial charge is 0.444 e. The van der Waals surface area contributed by atoms with Gasteiger partial charge in [-0.25, -0.2) is 14.8 Å². The summed E-state index contributed by atoms with van der Waals surface area (Å²) in [6, 6.07) is 3.97. The van der Waals surface area contributed by atoms with E-state index in [4.69, 9.17) is 4.74 Å². The van der Waals surface area contributed by atoms with Gasteiger partial charge in [-0.05, 0) is 53.2 Å². The van der Waals surface area contributed by atoms with Crippen LogP contribution in [0.15, 0.2) is 23.0 Å². The second-order valence-electron chi connectivity index (χ2n) is 9.83. The molecule has 200 valence electrons. The summed E-state index contributed by atoms with van der Waals surface area (Å²) < 4.78 is 6.50. The van der Waals surface area contributed by atoms with Crippen LogP contribution in [0.4, 0.5) is 10.5 Å². The van der Waals surface area contributed by atoms with Crippen LogP contribution in [0, 0.1) is 13.8 Å². The third kappa shape index (κ3) is 5.72. The highest BCUT2D eigenvalue weighted by atomic mass is 32.1. The minimum atomic E-state index is -0.845. The number of aromatic nitrogens is 3. The fourth-order valence-electron chi connectivity index (χ4n) is 4.10. The Labute approximate surface area is 221 Å². The summed E-state index contributed by atoms with van der Waals surface area (Å²) in [5, 5.41) is 8.43. The second-order valence-corrected chi connectivity index (χ2v) is 10.9. The number of anilines is 1. The number of carbonyl (C=O) groups excluding carboxylic acids is 4. The van der Waals surface area contributed by atoms with Crippen molar-refractivity contribution in [1.29, 1.82) is 0 Å². The molecule has 0 saturated carbocycles. The van der Waals surface area contributed by atoms with E-state index in [1.54, 1.807) is 52.8 Å². The number of hydrogen-bond donors (Lipinski definition) is 3. The van der Waals surface area contributed by atoms with Gasteiger partial charge in [-0.2, -0.15) is 0 Å². The van der Waals surface area contributed by atoms with Crippen LogP contribution in [-0.2, 0) is 20.9 Å². The highest BCUT2D eigenvalue weighted by Crippen LogP contribution is 2.25. The summed E-state index contributed by atoms with van der Waals surface area (Å²) in [5.41, 5.74) is 0.00928. The van der Waals surface area contributed by atoms with Crippen molar-refractivity contribution in [3.05, 3.63) is 50.0 Å². The van der Waals surface area contributed by atoms with Crippen molar-refractivity contribution in [2.24, 2.45) is 0 Å². The molecule has 1 fully saturated rings. The molecule has 1 saturated heterocycles. The van der Waals surface area contributed by atoms with Gasteiger partial charge in [0.1, 0.15) is 32.9 Å². The smallest absolute Gasteiger partial charge is 0.408 e. The number of nitrogens with zero attached hydrogens (tertiary/aromatic N) is 3. The van der Waals surface area contributed by atoms with Crippen molar-refractivity contribution in [2.75, 3.05) is 5.32 Å². The number of rotatable bonds is 5. The number of hydrogen-bond acceptors (Lipinski definition) is 9. The first-order chi connectivity index (χ1) is 17.8. The molecule has 0 spiro atoms. The van der Waals surface area contributed by atoms with Gasteiger partial charge >= 0.3 is 6.09 Å². The number of thiazole rings is 1. The zero-order valence-corrected chi connectivity index (χ0v) is 22.4. The molecule has 3 heterocycles. The van der Waals surface area contributed by atoms with Gasteiger partial charge in [0, 0.05) is 6.42 Å². The van der Waals surface area contributed by atoms with Crippen molar-refractivity contribution in [1.82, 2.24) is 25.2 Å². The summed E-state index contributed by atoms with van der Waals surface area (Å²) in [6.45, 7) is 8.67. The fraction of sp³-hybridized carbons (Fsp3) is 0.400. The molecule has 3 aromatic rings. The minimum absolute atomic E-state index is 0.0998. The zero-order chi connectivity index (χ0) is 27.8. The first kappa shape index (κ1) is 26.9. The molecular formula is C25H28N6O6S. The number of carbonyl (C=O) groups is 4. The van der Waals surface area contributed by atoms with E-state index in [2.05, 4.69) is 25.9 Å². The molecule has 1 aliphatic rings.